The van der Waals surface area contributed by atoms with Crippen molar-refractivity contribution in [3.05, 3.63) is 82.7 Å². The number of halogens is 3. The molecular weight excluding hydrogens is 377 g/mol. The molecule has 0 aliphatic heterocycles. The highest BCUT2D eigenvalue weighted by Crippen LogP contribution is 2.35. The number of hydrogen-bond donors (Lipinski definition) is 1. The molecule has 6 heteroatoms. The van der Waals surface area contributed by atoms with Crippen molar-refractivity contribution in [2.45, 2.75) is 33.4 Å². The predicted molar refractivity (Wildman–Crippen MR) is 108 cm³/mol. The van der Waals surface area contributed by atoms with Crippen LogP contribution in [0.25, 0.3) is 11.1 Å². The first-order valence-corrected chi connectivity index (χ1v) is 9.13. The van der Waals surface area contributed by atoms with Gasteiger partial charge < -0.3 is 5.32 Å². The van der Waals surface area contributed by atoms with Gasteiger partial charge in [0.05, 0.1) is 12.0 Å². The molecule has 150 valence electrons. The fourth-order valence-electron chi connectivity index (χ4n) is 3.24. The summed E-state index contributed by atoms with van der Waals surface area (Å²) in [5.41, 5.74) is 3.53. The molecule has 3 nitrogen and oxygen atoms in total. The van der Waals surface area contributed by atoms with Gasteiger partial charge in [0.25, 0.3) is 0 Å². The zero-order valence-electron chi connectivity index (χ0n) is 16.4. The zero-order valence-corrected chi connectivity index (χ0v) is 16.4. The van der Waals surface area contributed by atoms with Crippen LogP contribution in [0, 0.1) is 20.8 Å². The number of alkyl halides is 3. The quantitative estimate of drug-likeness (QED) is 0.597. The Morgan fingerprint density at radius 3 is 2.21 bits per heavy atom. The molecule has 1 aromatic heterocycles. The number of anilines is 1. The van der Waals surface area contributed by atoms with Crippen LogP contribution >= 0.6 is 0 Å². The molecule has 0 atom stereocenters. The van der Waals surface area contributed by atoms with E-state index in [0.717, 1.165) is 23.3 Å². The molecule has 0 aliphatic carbocycles. The Balaban J connectivity index is 1.94. The smallest absolute Gasteiger partial charge is 0.326 e. The SMILES string of the molecule is Cc1cccc(CC(=O)Nc2cc(-c3cc(C)nc(C)c3)cc(C(F)(F)F)c2)c1. The Labute approximate surface area is 167 Å². The van der Waals surface area contributed by atoms with E-state index in [9.17, 15) is 18.0 Å². The van der Waals surface area contributed by atoms with E-state index in [-0.39, 0.29) is 18.0 Å². The van der Waals surface area contributed by atoms with Gasteiger partial charge in [-0.15, -0.1) is 0 Å². The highest BCUT2D eigenvalue weighted by atomic mass is 19.4. The van der Waals surface area contributed by atoms with Crippen LogP contribution in [0.1, 0.15) is 28.1 Å². The number of rotatable bonds is 4. The number of carbonyl (C=O) groups excluding carboxylic acids is 1. The van der Waals surface area contributed by atoms with Gasteiger partial charge >= 0.3 is 6.18 Å². The first-order valence-electron chi connectivity index (χ1n) is 9.13. The first kappa shape index (κ1) is 20.6. The summed E-state index contributed by atoms with van der Waals surface area (Å²) in [6.45, 7) is 5.49. The van der Waals surface area contributed by atoms with E-state index in [4.69, 9.17) is 0 Å². The monoisotopic (exact) mass is 398 g/mol. The molecule has 2 aromatic carbocycles. The summed E-state index contributed by atoms with van der Waals surface area (Å²) in [5.74, 6) is -0.372. The number of carbonyl (C=O) groups is 1. The van der Waals surface area contributed by atoms with E-state index in [0.29, 0.717) is 22.5 Å². The van der Waals surface area contributed by atoms with Crippen LogP contribution in [0.15, 0.2) is 54.6 Å². The molecule has 0 bridgehead atoms. The summed E-state index contributed by atoms with van der Waals surface area (Å²) >= 11 is 0. The number of nitrogens with one attached hydrogen (secondary N) is 1. The van der Waals surface area contributed by atoms with Gasteiger partial charge in [-0.1, -0.05) is 29.8 Å². The second kappa shape index (κ2) is 8.07. The van der Waals surface area contributed by atoms with Gasteiger partial charge in [-0.3, -0.25) is 9.78 Å². The molecule has 0 saturated carbocycles. The molecule has 0 saturated heterocycles. The standard InChI is InChI=1S/C23H21F3N2O/c1-14-5-4-6-17(7-14)10-22(29)28-21-12-19(11-20(13-21)23(24,25)26)18-8-15(2)27-16(3)9-18/h4-9,11-13H,10H2,1-3H3,(H,28,29). The predicted octanol–water partition coefficient (Wildman–Crippen LogP) is 5.87. The average Bonchev–Trinajstić information content (AvgIpc) is 2.59. The number of hydrogen-bond acceptors (Lipinski definition) is 2. The van der Waals surface area contributed by atoms with Crippen LogP contribution in [-0.4, -0.2) is 10.9 Å². The largest absolute Gasteiger partial charge is 0.416 e. The molecule has 3 aromatic rings. The molecule has 0 fully saturated rings. The molecule has 3 rings (SSSR count). The Kier molecular flexibility index (Phi) is 5.73. The lowest BCUT2D eigenvalue weighted by molar-refractivity contribution is -0.137. The molecule has 0 radical (unpaired) electrons. The lowest BCUT2D eigenvalue weighted by Crippen LogP contribution is -2.15. The molecule has 1 heterocycles. The molecule has 29 heavy (non-hydrogen) atoms. The van der Waals surface area contributed by atoms with Gasteiger partial charge in [-0.05, 0) is 67.8 Å². The summed E-state index contributed by atoms with van der Waals surface area (Å²) in [6.07, 6.45) is -4.44. The van der Waals surface area contributed by atoms with Gasteiger partial charge in [0.15, 0.2) is 0 Å². The van der Waals surface area contributed by atoms with Crippen LogP contribution in [0.3, 0.4) is 0 Å². The van der Waals surface area contributed by atoms with Crippen molar-refractivity contribution in [1.29, 1.82) is 0 Å². The summed E-state index contributed by atoms with van der Waals surface area (Å²) in [5, 5.41) is 2.61. The van der Waals surface area contributed by atoms with Crippen molar-refractivity contribution in [2.24, 2.45) is 0 Å². The molecular formula is C23H21F3N2O. The van der Waals surface area contributed by atoms with Crippen LogP contribution in [0.2, 0.25) is 0 Å². The summed E-state index contributed by atoms with van der Waals surface area (Å²) in [6, 6.07) is 14.5. The average molecular weight is 398 g/mol. The van der Waals surface area contributed by atoms with E-state index < -0.39 is 11.7 Å². The third-order valence-electron chi connectivity index (χ3n) is 4.41. The zero-order chi connectivity index (χ0) is 21.2. The Bertz CT molecular complexity index is 1040. The molecule has 1 amide bonds. The van der Waals surface area contributed by atoms with Crippen molar-refractivity contribution in [3.8, 4) is 11.1 Å². The number of aromatic nitrogens is 1. The van der Waals surface area contributed by atoms with Crippen molar-refractivity contribution < 1.29 is 18.0 Å². The summed E-state index contributed by atoms with van der Waals surface area (Å²) in [7, 11) is 0. The summed E-state index contributed by atoms with van der Waals surface area (Å²) in [4.78, 5) is 16.7. The second-order valence-corrected chi connectivity index (χ2v) is 7.15. The van der Waals surface area contributed by atoms with Gasteiger partial charge in [0.1, 0.15) is 0 Å². The van der Waals surface area contributed by atoms with E-state index in [2.05, 4.69) is 10.3 Å². The van der Waals surface area contributed by atoms with E-state index in [1.54, 1.807) is 32.0 Å². The highest BCUT2D eigenvalue weighted by molar-refractivity contribution is 5.93. The number of amides is 1. The fraction of sp³-hybridized carbons (Fsp3) is 0.217. The maximum Gasteiger partial charge on any atom is 0.416 e. The minimum atomic E-state index is -4.52. The van der Waals surface area contributed by atoms with Crippen molar-refractivity contribution in [2.75, 3.05) is 5.32 Å². The maximum atomic E-state index is 13.4. The summed E-state index contributed by atoms with van der Waals surface area (Å²) < 4.78 is 40.3. The van der Waals surface area contributed by atoms with Crippen LogP contribution < -0.4 is 5.32 Å². The molecule has 0 spiro atoms. The number of benzene rings is 2. The first-order chi connectivity index (χ1) is 13.6. The van der Waals surface area contributed by atoms with Gasteiger partial charge in [0, 0.05) is 17.1 Å². The second-order valence-electron chi connectivity index (χ2n) is 7.15. The molecule has 0 aliphatic rings. The Morgan fingerprint density at radius 2 is 1.59 bits per heavy atom. The topological polar surface area (TPSA) is 42.0 Å². The number of pyridine rings is 1. The molecule has 0 unspecified atom stereocenters. The third kappa shape index (κ3) is 5.44. The van der Waals surface area contributed by atoms with E-state index >= 15 is 0 Å². The van der Waals surface area contributed by atoms with Gasteiger partial charge in [-0.25, -0.2) is 0 Å². The minimum Gasteiger partial charge on any atom is -0.326 e. The van der Waals surface area contributed by atoms with Gasteiger partial charge in [0.2, 0.25) is 5.91 Å². The van der Waals surface area contributed by atoms with Crippen LogP contribution in [-0.2, 0) is 17.4 Å². The van der Waals surface area contributed by atoms with E-state index in [1.165, 1.54) is 0 Å². The Hall–Kier alpha value is -3.15. The lowest BCUT2D eigenvalue weighted by atomic mass is 10.0. The van der Waals surface area contributed by atoms with Crippen molar-refractivity contribution >= 4 is 11.6 Å². The maximum absolute atomic E-state index is 13.4. The highest BCUT2D eigenvalue weighted by Gasteiger charge is 2.31. The van der Waals surface area contributed by atoms with Crippen molar-refractivity contribution in [3.63, 3.8) is 0 Å². The van der Waals surface area contributed by atoms with E-state index in [1.807, 2.05) is 31.2 Å². The van der Waals surface area contributed by atoms with Gasteiger partial charge in [-0.2, -0.15) is 13.2 Å². The number of nitrogens with zero attached hydrogens (tertiary/aromatic N) is 1. The number of aryl methyl sites for hydroxylation is 3. The lowest BCUT2D eigenvalue weighted by Gasteiger charge is -2.14. The van der Waals surface area contributed by atoms with Crippen molar-refractivity contribution in [1.82, 2.24) is 4.98 Å². The Morgan fingerprint density at radius 1 is 0.931 bits per heavy atom. The molecule has 1 N–H and O–H groups in total. The van der Waals surface area contributed by atoms with Crippen LogP contribution in [0.5, 0.6) is 0 Å². The van der Waals surface area contributed by atoms with Crippen LogP contribution in [0.4, 0.5) is 18.9 Å². The minimum absolute atomic E-state index is 0.0841. The fourth-order valence-corrected chi connectivity index (χ4v) is 3.24. The normalized spacial score (nSPS) is 11.4. The third-order valence-corrected chi connectivity index (χ3v) is 4.41.